The first-order valence-corrected chi connectivity index (χ1v) is 12.0. The summed E-state index contributed by atoms with van der Waals surface area (Å²) in [7, 11) is 3.34. The number of anilines is 1. The van der Waals surface area contributed by atoms with Crippen LogP contribution in [0.3, 0.4) is 0 Å². The van der Waals surface area contributed by atoms with Crippen molar-refractivity contribution in [2.45, 2.75) is 53.0 Å². The van der Waals surface area contributed by atoms with E-state index in [0.29, 0.717) is 29.7 Å². The molecule has 0 saturated carbocycles. The van der Waals surface area contributed by atoms with Crippen LogP contribution in [0.2, 0.25) is 0 Å². The summed E-state index contributed by atoms with van der Waals surface area (Å²) in [6.45, 7) is 6.43. The summed E-state index contributed by atoms with van der Waals surface area (Å²) in [5.74, 6) is -0.331. The van der Waals surface area contributed by atoms with Crippen LogP contribution in [0.25, 0.3) is 11.0 Å². The molecular weight excluding hydrogens is 461 g/mol. The number of benzene rings is 1. The van der Waals surface area contributed by atoms with Crippen LogP contribution < -0.4 is 10.9 Å². The van der Waals surface area contributed by atoms with Gasteiger partial charge in [0.05, 0.1) is 12.1 Å². The smallest absolute Gasteiger partial charge is 0.274 e. The standard InChI is InChI=1S/C27H34FN5O3/c1-27(2,3)16-18-13-14-19(28)25-24(18)30-21(31-25)17-33-15-9-10-20(26(33)36)29-22(34)11-7-6-8-12-23(35)32(4)5/h8-10,12-15H,6-7,11,16-17H2,1-5H3,(H,29,34)(H,30,31)/b12-8+. The number of hydrogen-bond acceptors (Lipinski definition) is 4. The van der Waals surface area contributed by atoms with Crippen molar-refractivity contribution in [3.05, 3.63) is 70.2 Å². The van der Waals surface area contributed by atoms with Gasteiger partial charge >= 0.3 is 0 Å². The van der Waals surface area contributed by atoms with Crippen LogP contribution in [0.4, 0.5) is 10.1 Å². The number of allylic oxidation sites excluding steroid dienone is 1. The molecule has 2 N–H and O–H groups in total. The van der Waals surface area contributed by atoms with Crippen molar-refractivity contribution >= 4 is 28.5 Å². The van der Waals surface area contributed by atoms with Crippen molar-refractivity contribution in [3.63, 3.8) is 0 Å². The molecule has 2 aromatic heterocycles. The number of rotatable bonds is 9. The predicted molar refractivity (Wildman–Crippen MR) is 139 cm³/mol. The van der Waals surface area contributed by atoms with Gasteiger partial charge in [-0.1, -0.05) is 32.9 Å². The van der Waals surface area contributed by atoms with E-state index in [1.165, 1.54) is 21.6 Å². The molecule has 192 valence electrons. The number of nitrogens with one attached hydrogen (secondary N) is 2. The highest BCUT2D eigenvalue weighted by Gasteiger charge is 2.18. The average Bonchev–Trinajstić information content (AvgIpc) is 3.22. The number of unbranched alkanes of at least 4 members (excludes halogenated alkanes) is 1. The summed E-state index contributed by atoms with van der Waals surface area (Å²) >= 11 is 0. The second-order valence-electron chi connectivity index (χ2n) is 10.3. The van der Waals surface area contributed by atoms with Gasteiger partial charge in [-0.3, -0.25) is 14.4 Å². The van der Waals surface area contributed by atoms with Crippen LogP contribution in [-0.4, -0.2) is 45.3 Å². The van der Waals surface area contributed by atoms with Crippen LogP contribution in [0.1, 0.15) is 51.4 Å². The molecule has 0 saturated heterocycles. The Morgan fingerprint density at radius 3 is 2.67 bits per heavy atom. The van der Waals surface area contributed by atoms with Crippen molar-refractivity contribution in [2.75, 3.05) is 19.4 Å². The molecule has 1 aromatic carbocycles. The van der Waals surface area contributed by atoms with Crippen LogP contribution in [-0.2, 0) is 22.6 Å². The van der Waals surface area contributed by atoms with Gasteiger partial charge in [0.2, 0.25) is 11.8 Å². The Labute approximate surface area is 210 Å². The van der Waals surface area contributed by atoms with Crippen LogP contribution in [0.15, 0.2) is 47.4 Å². The number of H-pyrrole nitrogens is 1. The minimum absolute atomic E-state index is 0.00723. The lowest BCUT2D eigenvalue weighted by Crippen LogP contribution is -2.26. The monoisotopic (exact) mass is 495 g/mol. The number of hydrogen-bond donors (Lipinski definition) is 2. The highest BCUT2D eigenvalue weighted by Crippen LogP contribution is 2.27. The third kappa shape index (κ3) is 7.13. The Hall–Kier alpha value is -3.75. The highest BCUT2D eigenvalue weighted by molar-refractivity contribution is 5.90. The van der Waals surface area contributed by atoms with E-state index in [0.717, 1.165) is 12.0 Å². The average molecular weight is 496 g/mol. The zero-order chi connectivity index (χ0) is 26.5. The normalized spacial score (nSPS) is 11.8. The first kappa shape index (κ1) is 26.8. The van der Waals surface area contributed by atoms with Crippen molar-refractivity contribution in [2.24, 2.45) is 5.41 Å². The van der Waals surface area contributed by atoms with Crippen molar-refractivity contribution in [3.8, 4) is 0 Å². The fraction of sp³-hybridized carbons (Fsp3) is 0.407. The van der Waals surface area contributed by atoms with E-state index in [1.807, 2.05) is 0 Å². The number of halogens is 1. The fourth-order valence-electron chi connectivity index (χ4n) is 3.80. The predicted octanol–water partition coefficient (Wildman–Crippen LogP) is 4.25. The van der Waals surface area contributed by atoms with E-state index in [2.05, 4.69) is 36.1 Å². The first-order valence-electron chi connectivity index (χ1n) is 12.0. The summed E-state index contributed by atoms with van der Waals surface area (Å²) in [5, 5.41) is 2.66. The topological polar surface area (TPSA) is 100 Å². The lowest BCUT2D eigenvalue weighted by Gasteiger charge is -2.18. The molecular formula is C27H34FN5O3. The largest absolute Gasteiger partial charge is 0.345 e. The molecule has 0 spiro atoms. The summed E-state index contributed by atoms with van der Waals surface area (Å²) in [6.07, 6.45) is 6.88. The number of fused-ring (bicyclic) bond motifs is 1. The van der Waals surface area contributed by atoms with Gasteiger partial charge in [-0.15, -0.1) is 0 Å². The number of carbonyl (C=O) groups is 2. The van der Waals surface area contributed by atoms with Gasteiger partial charge in [-0.2, -0.15) is 0 Å². The maximum atomic E-state index is 14.5. The maximum Gasteiger partial charge on any atom is 0.274 e. The van der Waals surface area contributed by atoms with Gasteiger partial charge in [-0.05, 0) is 54.5 Å². The number of likely N-dealkylation sites (N-methyl/N-ethyl adjacent to an activating group) is 1. The number of imidazole rings is 1. The quantitative estimate of drug-likeness (QED) is 0.342. The third-order valence-corrected chi connectivity index (χ3v) is 5.54. The highest BCUT2D eigenvalue weighted by atomic mass is 19.1. The van der Waals surface area contributed by atoms with Gasteiger partial charge in [0.15, 0.2) is 0 Å². The number of aromatic amines is 1. The van der Waals surface area contributed by atoms with E-state index < -0.39 is 5.82 Å². The van der Waals surface area contributed by atoms with E-state index >= 15 is 0 Å². The zero-order valence-electron chi connectivity index (χ0n) is 21.5. The Morgan fingerprint density at radius 2 is 1.97 bits per heavy atom. The third-order valence-electron chi connectivity index (χ3n) is 5.54. The summed E-state index contributed by atoms with van der Waals surface area (Å²) < 4.78 is 15.9. The zero-order valence-corrected chi connectivity index (χ0v) is 21.5. The van der Waals surface area contributed by atoms with Crippen molar-refractivity contribution < 1.29 is 14.0 Å². The maximum absolute atomic E-state index is 14.5. The molecule has 0 aliphatic heterocycles. The number of amides is 2. The van der Waals surface area contributed by atoms with Gasteiger partial charge < -0.3 is 19.8 Å². The van der Waals surface area contributed by atoms with Gasteiger partial charge in [0.25, 0.3) is 5.56 Å². The molecule has 0 radical (unpaired) electrons. The number of pyridine rings is 1. The first-order chi connectivity index (χ1) is 16.9. The molecule has 8 nitrogen and oxygen atoms in total. The summed E-state index contributed by atoms with van der Waals surface area (Å²) in [6, 6.07) is 6.41. The summed E-state index contributed by atoms with van der Waals surface area (Å²) in [4.78, 5) is 45.9. The molecule has 2 heterocycles. The second-order valence-corrected chi connectivity index (χ2v) is 10.3. The van der Waals surface area contributed by atoms with E-state index in [1.54, 1.807) is 44.6 Å². The molecule has 0 fully saturated rings. The minimum Gasteiger partial charge on any atom is -0.345 e. The molecule has 9 heteroatoms. The molecule has 0 bridgehead atoms. The fourth-order valence-corrected chi connectivity index (χ4v) is 3.80. The lowest BCUT2D eigenvalue weighted by molar-refractivity contribution is -0.123. The molecule has 0 atom stereocenters. The van der Waals surface area contributed by atoms with Gasteiger partial charge in [0.1, 0.15) is 22.8 Å². The van der Waals surface area contributed by atoms with E-state index in [-0.39, 0.29) is 41.4 Å². The molecule has 0 aliphatic carbocycles. The van der Waals surface area contributed by atoms with Crippen LogP contribution in [0, 0.1) is 11.2 Å². The summed E-state index contributed by atoms with van der Waals surface area (Å²) in [5.41, 5.74) is 1.63. The Balaban J connectivity index is 1.69. The molecule has 0 aliphatic rings. The molecule has 0 unspecified atom stereocenters. The lowest BCUT2D eigenvalue weighted by atomic mass is 9.87. The van der Waals surface area contributed by atoms with E-state index in [9.17, 15) is 18.8 Å². The molecule has 3 aromatic rings. The van der Waals surface area contributed by atoms with Crippen LogP contribution in [0.5, 0.6) is 0 Å². The Kier molecular flexibility index (Phi) is 8.45. The van der Waals surface area contributed by atoms with Crippen molar-refractivity contribution in [1.82, 2.24) is 19.4 Å². The Bertz CT molecular complexity index is 1330. The second kappa shape index (κ2) is 11.3. The van der Waals surface area contributed by atoms with Gasteiger partial charge in [0, 0.05) is 26.7 Å². The number of nitrogens with zero attached hydrogens (tertiary/aromatic N) is 3. The number of carbonyl (C=O) groups excluding carboxylic acids is 2. The van der Waals surface area contributed by atoms with Gasteiger partial charge in [-0.25, -0.2) is 9.37 Å². The van der Waals surface area contributed by atoms with Crippen LogP contribution >= 0.6 is 0 Å². The Morgan fingerprint density at radius 1 is 1.22 bits per heavy atom. The molecule has 36 heavy (non-hydrogen) atoms. The SMILES string of the molecule is CN(C)C(=O)/C=C/CCCC(=O)Nc1cccn(Cc2nc3c(CC(C)(C)C)ccc(F)c3[nH]2)c1=O. The van der Waals surface area contributed by atoms with E-state index in [4.69, 9.17) is 0 Å². The minimum atomic E-state index is -0.393. The van der Waals surface area contributed by atoms with Crippen molar-refractivity contribution in [1.29, 1.82) is 0 Å². The molecule has 2 amide bonds. The molecule has 3 rings (SSSR count). The number of aromatic nitrogens is 3.